The van der Waals surface area contributed by atoms with Crippen molar-refractivity contribution in [3.8, 4) is 0 Å². The number of halogens is 2. The fourth-order valence-electron chi connectivity index (χ4n) is 7.77. The number of piperidine rings is 2. The molecule has 0 aromatic rings. The van der Waals surface area contributed by atoms with E-state index in [1.165, 1.54) is 0 Å². The van der Waals surface area contributed by atoms with E-state index in [2.05, 4.69) is 34.3 Å². The van der Waals surface area contributed by atoms with Crippen LogP contribution in [0.4, 0.5) is 4.39 Å². The van der Waals surface area contributed by atoms with E-state index < -0.39 is 18.3 Å². The third-order valence-corrected chi connectivity index (χ3v) is 10.4. The largest absolute Gasteiger partial charge is 0.350 e. The molecule has 10 heteroatoms. The van der Waals surface area contributed by atoms with E-state index in [9.17, 15) is 9.18 Å². The molecule has 7 atom stereocenters. The summed E-state index contributed by atoms with van der Waals surface area (Å²) in [6, 6.07) is 0.432. The average molecular weight is 570 g/mol. The van der Waals surface area contributed by atoms with Gasteiger partial charge in [-0.2, -0.15) is 0 Å². The van der Waals surface area contributed by atoms with Crippen molar-refractivity contribution in [3.05, 3.63) is 0 Å². The summed E-state index contributed by atoms with van der Waals surface area (Å²) in [5.41, 5.74) is 12.7. The van der Waals surface area contributed by atoms with Crippen molar-refractivity contribution in [2.75, 3.05) is 39.3 Å². The van der Waals surface area contributed by atoms with Crippen molar-refractivity contribution >= 4 is 23.7 Å². The van der Waals surface area contributed by atoms with Crippen molar-refractivity contribution in [1.29, 1.82) is 0 Å². The van der Waals surface area contributed by atoms with E-state index in [-0.39, 0.29) is 34.8 Å². The predicted octanol–water partition coefficient (Wildman–Crippen LogP) is 2.63. The van der Waals surface area contributed by atoms with Crippen LogP contribution in [0.25, 0.3) is 0 Å². The maximum atomic E-state index is 13.9. The van der Waals surface area contributed by atoms with Crippen molar-refractivity contribution in [2.45, 2.75) is 120 Å². The molecule has 4 rings (SSSR count). The first-order valence-electron chi connectivity index (χ1n) is 15.6. The van der Waals surface area contributed by atoms with Crippen LogP contribution < -0.4 is 22.1 Å². The summed E-state index contributed by atoms with van der Waals surface area (Å²) >= 11 is 6.58. The molecule has 0 radical (unpaired) electrons. The molecular weight excluding hydrogens is 517 g/mol. The molecule has 0 spiro atoms. The minimum atomic E-state index is -0.804. The summed E-state index contributed by atoms with van der Waals surface area (Å²) in [6.45, 7) is 9.54. The first-order valence-corrected chi connectivity index (χ1v) is 16.0. The highest BCUT2D eigenvalue weighted by atomic mass is 35.5. The number of carbonyl (C=O) groups is 1. The second-order valence-corrected chi connectivity index (χ2v) is 13.2. The molecule has 0 aromatic carbocycles. The Balaban J connectivity index is 1.43. The molecule has 4 heterocycles. The summed E-state index contributed by atoms with van der Waals surface area (Å²) in [5, 5.41) is 6.71. The smallest absolute Gasteiger partial charge is 0.228 e. The lowest BCUT2D eigenvalue weighted by Crippen LogP contribution is -2.64. The number of hydrogen-bond donors (Lipinski definition) is 4. The molecule has 4 aliphatic rings. The van der Waals surface area contributed by atoms with Gasteiger partial charge in [0.05, 0.1) is 29.5 Å². The monoisotopic (exact) mass is 569 g/mol. The van der Waals surface area contributed by atoms with Gasteiger partial charge in [0.1, 0.15) is 6.17 Å². The van der Waals surface area contributed by atoms with Crippen LogP contribution in [0.5, 0.6) is 0 Å². The van der Waals surface area contributed by atoms with Crippen LogP contribution in [-0.4, -0.2) is 103 Å². The van der Waals surface area contributed by atoms with Crippen LogP contribution in [0.1, 0.15) is 78.1 Å². The summed E-state index contributed by atoms with van der Waals surface area (Å²) in [5.74, 6) is -0.705. The van der Waals surface area contributed by atoms with E-state index >= 15 is 0 Å². The fourth-order valence-corrected chi connectivity index (χ4v) is 7.94. The van der Waals surface area contributed by atoms with Crippen molar-refractivity contribution in [3.63, 3.8) is 0 Å². The zero-order valence-electron chi connectivity index (χ0n) is 24.2. The highest BCUT2D eigenvalue weighted by molar-refractivity contribution is 6.28. The second-order valence-electron chi connectivity index (χ2n) is 12.7. The molecule has 0 bridgehead atoms. The van der Waals surface area contributed by atoms with Crippen LogP contribution in [0, 0.1) is 11.3 Å². The molecule has 3 fully saturated rings. The first kappa shape index (κ1) is 31.1. The number of likely N-dealkylation sites (tertiary alicyclic amines) is 2. The van der Waals surface area contributed by atoms with E-state index in [0.29, 0.717) is 19.0 Å². The van der Waals surface area contributed by atoms with E-state index in [1.54, 1.807) is 6.21 Å². The Bertz CT molecular complexity index is 811. The summed E-state index contributed by atoms with van der Waals surface area (Å²) < 4.78 is 13.8. The Morgan fingerprint density at radius 3 is 2.56 bits per heavy atom. The standard InChI is InChI=1S/C29H53ClFN7O/c1-3-10-29(4-2)11-5-20(30)17-35-23(16-29)26(27(32)33)28(39)36-24-18-34-12-6-25(24)37-14-8-22(9-15-37)38-13-7-21(31)19-38/h17,20-27,34H,3-16,18-19,32-33H2,1-2H3,(H,36,39)/b35-17-/t20?,21-,23?,24?,25?,26?,29?/m0/s1. The third-order valence-electron chi connectivity index (χ3n) is 10.1. The Morgan fingerprint density at radius 2 is 1.92 bits per heavy atom. The number of nitrogens with two attached hydrogens (primary N) is 2. The maximum absolute atomic E-state index is 13.9. The van der Waals surface area contributed by atoms with E-state index in [1.807, 2.05) is 0 Å². The van der Waals surface area contributed by atoms with Crippen molar-refractivity contribution in [2.24, 2.45) is 27.8 Å². The van der Waals surface area contributed by atoms with E-state index in [0.717, 1.165) is 90.5 Å². The summed E-state index contributed by atoms with van der Waals surface area (Å²) in [4.78, 5) is 23.6. The molecule has 6 unspecified atom stereocenters. The topological polar surface area (TPSA) is 112 Å². The first-order chi connectivity index (χ1) is 18.7. The number of hydrogen-bond acceptors (Lipinski definition) is 7. The van der Waals surface area contributed by atoms with Gasteiger partial charge in [0.15, 0.2) is 0 Å². The number of carbonyl (C=O) groups excluding carboxylic acids is 1. The predicted molar refractivity (Wildman–Crippen MR) is 158 cm³/mol. The van der Waals surface area contributed by atoms with Gasteiger partial charge in [-0.15, -0.1) is 11.6 Å². The van der Waals surface area contributed by atoms with Gasteiger partial charge in [0, 0.05) is 51.0 Å². The molecule has 224 valence electrons. The Morgan fingerprint density at radius 1 is 1.18 bits per heavy atom. The van der Waals surface area contributed by atoms with Gasteiger partial charge in [0.2, 0.25) is 5.91 Å². The minimum absolute atomic E-state index is 0.0176. The number of nitrogens with one attached hydrogen (secondary N) is 2. The lowest BCUT2D eigenvalue weighted by molar-refractivity contribution is -0.128. The Hall–Kier alpha value is -0.840. The van der Waals surface area contributed by atoms with Crippen LogP contribution in [0.2, 0.25) is 0 Å². The summed E-state index contributed by atoms with van der Waals surface area (Å²) in [6.07, 6.45) is 10.0. The van der Waals surface area contributed by atoms with Gasteiger partial charge in [-0.25, -0.2) is 4.39 Å². The maximum Gasteiger partial charge on any atom is 0.228 e. The van der Waals surface area contributed by atoms with Gasteiger partial charge in [-0.3, -0.25) is 19.6 Å². The quantitative estimate of drug-likeness (QED) is 0.251. The van der Waals surface area contributed by atoms with Crippen LogP contribution >= 0.6 is 11.6 Å². The summed E-state index contributed by atoms with van der Waals surface area (Å²) in [7, 11) is 0. The number of aliphatic imine (C=N–C) groups is 1. The third kappa shape index (κ3) is 7.92. The zero-order chi connectivity index (χ0) is 28.0. The van der Waals surface area contributed by atoms with E-state index in [4.69, 9.17) is 28.1 Å². The SMILES string of the molecule is CCCC1(CC)CCC(Cl)/C=N\C(C(C(=O)NC2CNCCC2N2CCC(N3CC[C@H](F)C3)CC2)C(N)N)C1. The fraction of sp³-hybridized carbons (Fsp3) is 0.931. The van der Waals surface area contributed by atoms with Gasteiger partial charge in [-0.1, -0.05) is 26.7 Å². The molecule has 1 amide bonds. The average Bonchev–Trinajstić information content (AvgIpc) is 3.36. The number of alkyl halides is 2. The lowest BCUT2D eigenvalue weighted by Gasteiger charge is -2.45. The molecule has 3 saturated heterocycles. The van der Waals surface area contributed by atoms with Crippen molar-refractivity contribution < 1.29 is 9.18 Å². The molecule has 6 N–H and O–H groups in total. The number of amides is 1. The molecule has 4 aliphatic heterocycles. The molecule has 8 nitrogen and oxygen atoms in total. The molecule has 0 aromatic heterocycles. The number of rotatable bonds is 9. The Kier molecular flexibility index (Phi) is 11.5. The van der Waals surface area contributed by atoms with Gasteiger partial charge in [0.25, 0.3) is 0 Å². The molecular formula is C29H53ClFN7O. The minimum Gasteiger partial charge on any atom is -0.350 e. The molecule has 0 aliphatic carbocycles. The van der Waals surface area contributed by atoms with Gasteiger partial charge >= 0.3 is 0 Å². The molecule has 0 saturated carbocycles. The van der Waals surface area contributed by atoms with Crippen LogP contribution in [-0.2, 0) is 4.79 Å². The second kappa shape index (κ2) is 14.4. The highest BCUT2D eigenvalue weighted by Crippen LogP contribution is 2.42. The number of nitrogens with zero attached hydrogens (tertiary/aromatic N) is 3. The van der Waals surface area contributed by atoms with Gasteiger partial charge in [-0.05, 0) is 63.3 Å². The molecule has 39 heavy (non-hydrogen) atoms. The highest BCUT2D eigenvalue weighted by Gasteiger charge is 2.42. The normalized spacial score (nSPS) is 37.4. The van der Waals surface area contributed by atoms with Crippen LogP contribution in [0.15, 0.2) is 4.99 Å². The lowest BCUT2D eigenvalue weighted by atomic mass is 9.69. The zero-order valence-corrected chi connectivity index (χ0v) is 24.9. The Labute approximate surface area is 240 Å². The van der Waals surface area contributed by atoms with Crippen LogP contribution in [0.3, 0.4) is 0 Å². The van der Waals surface area contributed by atoms with Gasteiger partial charge < -0.3 is 22.1 Å². The van der Waals surface area contributed by atoms with Crippen molar-refractivity contribution in [1.82, 2.24) is 20.4 Å².